The lowest BCUT2D eigenvalue weighted by molar-refractivity contribution is 0.101. The summed E-state index contributed by atoms with van der Waals surface area (Å²) >= 11 is 1.45. The molecule has 0 spiro atoms. The van der Waals surface area contributed by atoms with E-state index in [4.69, 9.17) is 0 Å². The molecule has 3 nitrogen and oxygen atoms in total. The van der Waals surface area contributed by atoms with Gasteiger partial charge in [0, 0.05) is 17.5 Å². The Morgan fingerprint density at radius 1 is 1.29 bits per heavy atom. The van der Waals surface area contributed by atoms with Crippen LogP contribution >= 0.6 is 11.5 Å². The zero-order chi connectivity index (χ0) is 12.3. The minimum atomic E-state index is 0.0782. The topological polar surface area (TPSA) is 42.9 Å². The Kier molecular flexibility index (Phi) is 3.64. The Bertz CT molecular complexity index is 516. The van der Waals surface area contributed by atoms with Crippen molar-refractivity contribution in [1.29, 1.82) is 0 Å². The van der Waals surface area contributed by atoms with Gasteiger partial charge < -0.3 is 0 Å². The summed E-state index contributed by atoms with van der Waals surface area (Å²) in [5.41, 5.74) is 1.69. The minimum Gasteiger partial charge on any atom is -0.295 e. The highest BCUT2D eigenvalue weighted by Crippen LogP contribution is 2.19. The third kappa shape index (κ3) is 2.77. The highest BCUT2D eigenvalue weighted by molar-refractivity contribution is 7.05. The average molecular weight is 246 g/mol. The average Bonchev–Trinajstić information content (AvgIpc) is 2.78. The summed E-state index contributed by atoms with van der Waals surface area (Å²) in [6, 6.07) is 7.43. The van der Waals surface area contributed by atoms with E-state index in [1.54, 1.807) is 6.92 Å². The van der Waals surface area contributed by atoms with E-state index in [0.717, 1.165) is 34.8 Å². The van der Waals surface area contributed by atoms with E-state index < -0.39 is 0 Å². The molecule has 0 aliphatic carbocycles. The molecule has 0 N–H and O–H groups in total. The van der Waals surface area contributed by atoms with E-state index in [0.29, 0.717) is 0 Å². The number of aryl methyl sites for hydroxylation is 1. The predicted octanol–water partition coefficient (Wildman–Crippen LogP) is 3.36. The van der Waals surface area contributed by atoms with E-state index in [1.165, 1.54) is 11.5 Å². The Labute approximate surface area is 105 Å². The minimum absolute atomic E-state index is 0.0782. The van der Waals surface area contributed by atoms with Crippen LogP contribution in [0.3, 0.4) is 0 Å². The quantitative estimate of drug-likeness (QED) is 0.777. The summed E-state index contributed by atoms with van der Waals surface area (Å²) in [6.45, 7) is 3.69. The molecule has 0 radical (unpaired) electrons. The van der Waals surface area contributed by atoms with Crippen LogP contribution in [-0.4, -0.2) is 15.1 Å². The molecule has 0 atom stereocenters. The Morgan fingerprint density at radius 2 is 2.00 bits per heavy atom. The first-order valence-corrected chi connectivity index (χ1v) is 6.42. The van der Waals surface area contributed by atoms with Crippen molar-refractivity contribution in [3.63, 3.8) is 0 Å². The number of Topliss-reactive ketones (excluding diaryl/α,β-unsaturated/α-hetero) is 1. The number of carbonyl (C=O) groups is 1. The number of ketones is 1. The van der Waals surface area contributed by atoms with Gasteiger partial charge in [0.05, 0.1) is 0 Å². The third-order valence-electron chi connectivity index (χ3n) is 2.48. The van der Waals surface area contributed by atoms with Gasteiger partial charge >= 0.3 is 0 Å². The highest BCUT2D eigenvalue weighted by atomic mass is 32.1. The van der Waals surface area contributed by atoms with Crippen LogP contribution in [0.15, 0.2) is 24.3 Å². The zero-order valence-corrected chi connectivity index (χ0v) is 10.8. The van der Waals surface area contributed by atoms with Crippen LogP contribution in [0.25, 0.3) is 11.4 Å². The van der Waals surface area contributed by atoms with Gasteiger partial charge in [0.2, 0.25) is 0 Å². The maximum atomic E-state index is 11.2. The lowest BCUT2D eigenvalue weighted by Gasteiger charge is -1.97. The maximum absolute atomic E-state index is 11.2. The Hall–Kier alpha value is -1.55. The van der Waals surface area contributed by atoms with E-state index in [1.807, 2.05) is 24.3 Å². The van der Waals surface area contributed by atoms with Crippen LogP contribution in [0.1, 0.15) is 35.6 Å². The first kappa shape index (κ1) is 11.9. The second-order valence-electron chi connectivity index (χ2n) is 3.90. The van der Waals surface area contributed by atoms with Gasteiger partial charge in [-0.2, -0.15) is 4.37 Å². The van der Waals surface area contributed by atoms with Gasteiger partial charge in [-0.3, -0.25) is 4.79 Å². The molecule has 0 saturated heterocycles. The molecule has 0 aliphatic rings. The van der Waals surface area contributed by atoms with Gasteiger partial charge in [-0.05, 0) is 24.9 Å². The van der Waals surface area contributed by atoms with E-state index >= 15 is 0 Å². The van der Waals surface area contributed by atoms with Crippen LogP contribution in [0.2, 0.25) is 0 Å². The summed E-state index contributed by atoms with van der Waals surface area (Å²) < 4.78 is 4.33. The summed E-state index contributed by atoms with van der Waals surface area (Å²) in [7, 11) is 0. The van der Waals surface area contributed by atoms with Gasteiger partial charge in [-0.15, -0.1) is 0 Å². The molecule has 17 heavy (non-hydrogen) atoms. The molecule has 1 heterocycles. The molecular weight excluding hydrogens is 232 g/mol. The van der Waals surface area contributed by atoms with Gasteiger partial charge in [-0.1, -0.05) is 31.2 Å². The second kappa shape index (κ2) is 5.19. The SMILES string of the molecule is CCCc1nc(-c2ccc(C(C)=O)cc2)ns1. The fourth-order valence-corrected chi connectivity index (χ4v) is 2.30. The lowest BCUT2D eigenvalue weighted by Crippen LogP contribution is -1.91. The molecule has 0 saturated carbocycles. The maximum Gasteiger partial charge on any atom is 0.173 e. The van der Waals surface area contributed by atoms with Gasteiger partial charge in [0.1, 0.15) is 5.01 Å². The third-order valence-corrected chi connectivity index (χ3v) is 3.25. The molecule has 0 aliphatic heterocycles. The second-order valence-corrected chi connectivity index (χ2v) is 4.73. The molecule has 2 aromatic rings. The van der Waals surface area contributed by atoms with Crippen molar-refractivity contribution in [2.24, 2.45) is 0 Å². The molecule has 1 aromatic carbocycles. The molecule has 88 valence electrons. The predicted molar refractivity (Wildman–Crippen MR) is 69.3 cm³/mol. The molecule has 2 rings (SSSR count). The summed E-state index contributed by atoms with van der Waals surface area (Å²) in [4.78, 5) is 15.6. The lowest BCUT2D eigenvalue weighted by atomic mass is 10.1. The fraction of sp³-hybridized carbons (Fsp3) is 0.308. The molecule has 0 fully saturated rings. The number of hydrogen-bond acceptors (Lipinski definition) is 4. The van der Waals surface area contributed by atoms with Crippen LogP contribution < -0.4 is 0 Å². The van der Waals surface area contributed by atoms with Crippen molar-refractivity contribution in [3.05, 3.63) is 34.8 Å². The molecule has 0 unspecified atom stereocenters. The molecular formula is C13H14N2OS. The summed E-state index contributed by atoms with van der Waals surface area (Å²) in [5.74, 6) is 0.836. The zero-order valence-electron chi connectivity index (χ0n) is 9.93. The van der Waals surface area contributed by atoms with Crippen molar-refractivity contribution < 1.29 is 4.79 Å². The van der Waals surface area contributed by atoms with Crippen molar-refractivity contribution in [1.82, 2.24) is 9.36 Å². The number of aromatic nitrogens is 2. The fourth-order valence-electron chi connectivity index (χ4n) is 1.54. The van der Waals surface area contributed by atoms with Crippen LogP contribution in [0.4, 0.5) is 0 Å². The van der Waals surface area contributed by atoms with Crippen molar-refractivity contribution in [2.45, 2.75) is 26.7 Å². The molecule has 1 aromatic heterocycles. The van der Waals surface area contributed by atoms with E-state index in [2.05, 4.69) is 16.3 Å². The normalized spacial score (nSPS) is 10.5. The highest BCUT2D eigenvalue weighted by Gasteiger charge is 2.06. The Morgan fingerprint density at radius 3 is 2.59 bits per heavy atom. The number of carbonyl (C=O) groups excluding carboxylic acids is 1. The number of rotatable bonds is 4. The molecule has 4 heteroatoms. The summed E-state index contributed by atoms with van der Waals surface area (Å²) in [6.07, 6.45) is 2.06. The first-order chi connectivity index (χ1) is 8.20. The number of hydrogen-bond donors (Lipinski definition) is 0. The number of benzene rings is 1. The standard InChI is InChI=1S/C13H14N2OS/c1-3-4-12-14-13(15-17-12)11-7-5-10(6-8-11)9(2)16/h5-8H,3-4H2,1-2H3. The Balaban J connectivity index is 2.23. The van der Waals surface area contributed by atoms with Crippen molar-refractivity contribution in [2.75, 3.05) is 0 Å². The van der Waals surface area contributed by atoms with E-state index in [-0.39, 0.29) is 5.78 Å². The molecule has 0 bridgehead atoms. The monoisotopic (exact) mass is 246 g/mol. The van der Waals surface area contributed by atoms with Crippen LogP contribution in [0, 0.1) is 0 Å². The van der Waals surface area contributed by atoms with Crippen LogP contribution in [0.5, 0.6) is 0 Å². The number of nitrogens with zero attached hydrogens (tertiary/aromatic N) is 2. The van der Waals surface area contributed by atoms with Crippen molar-refractivity contribution in [3.8, 4) is 11.4 Å². The summed E-state index contributed by atoms with van der Waals surface area (Å²) in [5, 5.41) is 1.07. The van der Waals surface area contributed by atoms with Gasteiger partial charge in [0.25, 0.3) is 0 Å². The van der Waals surface area contributed by atoms with Crippen LogP contribution in [-0.2, 0) is 6.42 Å². The van der Waals surface area contributed by atoms with Crippen molar-refractivity contribution >= 4 is 17.3 Å². The smallest absolute Gasteiger partial charge is 0.173 e. The first-order valence-electron chi connectivity index (χ1n) is 5.64. The van der Waals surface area contributed by atoms with Gasteiger partial charge in [0.15, 0.2) is 11.6 Å². The van der Waals surface area contributed by atoms with Gasteiger partial charge in [-0.25, -0.2) is 4.98 Å². The molecule has 0 amide bonds. The van der Waals surface area contributed by atoms with E-state index in [9.17, 15) is 4.79 Å². The largest absolute Gasteiger partial charge is 0.295 e.